The molecule has 0 unspecified atom stereocenters. The molecule has 0 fully saturated rings. The molecule has 6 heteroatoms. The van der Waals surface area contributed by atoms with Gasteiger partial charge < -0.3 is 15.6 Å². The van der Waals surface area contributed by atoms with E-state index in [0.717, 1.165) is 5.56 Å². The van der Waals surface area contributed by atoms with Crippen LogP contribution in [0.3, 0.4) is 0 Å². The van der Waals surface area contributed by atoms with Crippen LogP contribution in [-0.2, 0) is 0 Å². The number of hydrogen-bond acceptors (Lipinski definition) is 4. The number of phenolic OH excluding ortho intramolecular Hbond substituents is 1. The maximum absolute atomic E-state index is 12.1. The van der Waals surface area contributed by atoms with E-state index in [0.29, 0.717) is 15.9 Å². The SMILES string of the molecule is CC(=NO)c1ccc(NC(=O)c2ccc(Br)cc2O)cc1. The third-order valence-electron chi connectivity index (χ3n) is 2.91. The second kappa shape index (κ2) is 6.41. The lowest BCUT2D eigenvalue weighted by Gasteiger charge is -2.08. The average Bonchev–Trinajstić information content (AvgIpc) is 2.47. The van der Waals surface area contributed by atoms with Crippen LogP contribution >= 0.6 is 15.9 Å². The molecule has 0 aliphatic heterocycles. The van der Waals surface area contributed by atoms with Gasteiger partial charge in [-0.15, -0.1) is 0 Å². The third kappa shape index (κ3) is 3.61. The van der Waals surface area contributed by atoms with Crippen molar-refractivity contribution in [1.29, 1.82) is 0 Å². The highest BCUT2D eigenvalue weighted by Crippen LogP contribution is 2.23. The Labute approximate surface area is 130 Å². The summed E-state index contributed by atoms with van der Waals surface area (Å²) in [6.07, 6.45) is 0. The molecule has 2 aromatic rings. The smallest absolute Gasteiger partial charge is 0.259 e. The summed E-state index contributed by atoms with van der Waals surface area (Å²) in [5, 5.41) is 24.2. The maximum atomic E-state index is 12.1. The molecule has 0 radical (unpaired) electrons. The van der Waals surface area contributed by atoms with Gasteiger partial charge in [0.05, 0.1) is 11.3 Å². The molecule has 21 heavy (non-hydrogen) atoms. The van der Waals surface area contributed by atoms with Gasteiger partial charge in [-0.25, -0.2) is 0 Å². The molecule has 3 N–H and O–H groups in total. The summed E-state index contributed by atoms with van der Waals surface area (Å²) in [6, 6.07) is 11.5. The molecule has 0 aromatic heterocycles. The van der Waals surface area contributed by atoms with Crippen molar-refractivity contribution >= 4 is 33.2 Å². The minimum Gasteiger partial charge on any atom is -0.507 e. The molecule has 2 aromatic carbocycles. The molecule has 0 aliphatic carbocycles. The van der Waals surface area contributed by atoms with Crippen LogP contribution in [0.4, 0.5) is 5.69 Å². The van der Waals surface area contributed by atoms with Crippen molar-refractivity contribution in [2.75, 3.05) is 5.32 Å². The van der Waals surface area contributed by atoms with Gasteiger partial charge in [0.1, 0.15) is 5.75 Å². The fraction of sp³-hybridized carbons (Fsp3) is 0.0667. The number of nitrogens with one attached hydrogen (secondary N) is 1. The van der Waals surface area contributed by atoms with E-state index >= 15 is 0 Å². The number of anilines is 1. The van der Waals surface area contributed by atoms with Gasteiger partial charge in [-0.2, -0.15) is 0 Å². The van der Waals surface area contributed by atoms with Gasteiger partial charge in [0.2, 0.25) is 0 Å². The normalized spacial score (nSPS) is 11.2. The number of amides is 1. The quantitative estimate of drug-likeness (QED) is 0.450. The molecule has 0 spiro atoms. The highest BCUT2D eigenvalue weighted by molar-refractivity contribution is 9.10. The Morgan fingerprint density at radius 1 is 1.19 bits per heavy atom. The topological polar surface area (TPSA) is 81.9 Å². The highest BCUT2D eigenvalue weighted by atomic mass is 79.9. The number of oxime groups is 1. The Balaban J connectivity index is 2.16. The van der Waals surface area contributed by atoms with Crippen LogP contribution < -0.4 is 5.32 Å². The Hall–Kier alpha value is -2.34. The summed E-state index contributed by atoms with van der Waals surface area (Å²) in [5.74, 6) is -0.498. The Kier molecular flexibility index (Phi) is 4.59. The summed E-state index contributed by atoms with van der Waals surface area (Å²) >= 11 is 3.22. The van der Waals surface area contributed by atoms with Gasteiger partial charge in [-0.3, -0.25) is 4.79 Å². The summed E-state index contributed by atoms with van der Waals surface area (Å²) < 4.78 is 0.694. The van der Waals surface area contributed by atoms with Crippen molar-refractivity contribution in [2.45, 2.75) is 6.92 Å². The van der Waals surface area contributed by atoms with Crippen LogP contribution in [0.25, 0.3) is 0 Å². The molecule has 108 valence electrons. The molecular formula is C15H13BrN2O3. The number of benzene rings is 2. The van der Waals surface area contributed by atoms with E-state index in [1.165, 1.54) is 12.1 Å². The van der Waals surface area contributed by atoms with Crippen LogP contribution in [-0.4, -0.2) is 21.9 Å². The highest BCUT2D eigenvalue weighted by Gasteiger charge is 2.11. The summed E-state index contributed by atoms with van der Waals surface area (Å²) in [4.78, 5) is 12.1. The van der Waals surface area contributed by atoms with Gasteiger partial charge in [0, 0.05) is 10.2 Å². The monoisotopic (exact) mass is 348 g/mol. The van der Waals surface area contributed by atoms with Crippen molar-refractivity contribution in [1.82, 2.24) is 0 Å². The van der Waals surface area contributed by atoms with Gasteiger partial charge in [0.25, 0.3) is 5.91 Å². The first-order chi connectivity index (χ1) is 10.0. The molecule has 1 amide bonds. The zero-order valence-corrected chi connectivity index (χ0v) is 12.8. The van der Waals surface area contributed by atoms with Crippen LogP contribution in [0.15, 0.2) is 52.1 Å². The molecule has 0 aliphatic rings. The second-order valence-electron chi connectivity index (χ2n) is 4.38. The number of carbonyl (C=O) groups is 1. The number of rotatable bonds is 3. The number of aromatic hydroxyl groups is 1. The van der Waals surface area contributed by atoms with E-state index in [1.807, 2.05) is 0 Å². The number of nitrogens with zero attached hydrogens (tertiary/aromatic N) is 1. The fourth-order valence-electron chi connectivity index (χ4n) is 1.75. The molecule has 2 rings (SSSR count). The van der Waals surface area contributed by atoms with Crippen LogP contribution in [0.2, 0.25) is 0 Å². The lowest BCUT2D eigenvalue weighted by molar-refractivity contribution is 0.102. The van der Waals surface area contributed by atoms with E-state index < -0.39 is 5.91 Å². The number of hydrogen-bond donors (Lipinski definition) is 3. The zero-order chi connectivity index (χ0) is 15.4. The molecule has 0 heterocycles. The van der Waals surface area contributed by atoms with Crippen molar-refractivity contribution < 1.29 is 15.1 Å². The first-order valence-corrected chi connectivity index (χ1v) is 6.89. The van der Waals surface area contributed by atoms with Crippen molar-refractivity contribution in [2.24, 2.45) is 5.16 Å². The van der Waals surface area contributed by atoms with Gasteiger partial charge in [-0.05, 0) is 42.8 Å². The minimum atomic E-state index is -0.403. The standard InChI is InChI=1S/C15H13BrN2O3/c1-9(18-21)10-2-5-12(6-3-10)17-15(20)13-7-4-11(16)8-14(13)19/h2-8,19,21H,1H3,(H,17,20). The molecule has 0 bridgehead atoms. The average molecular weight is 349 g/mol. The maximum Gasteiger partial charge on any atom is 0.259 e. The van der Waals surface area contributed by atoms with Crippen molar-refractivity contribution in [3.05, 3.63) is 58.1 Å². The largest absolute Gasteiger partial charge is 0.507 e. The van der Waals surface area contributed by atoms with Gasteiger partial charge in [0.15, 0.2) is 0 Å². The first kappa shape index (κ1) is 15.1. The summed E-state index contributed by atoms with van der Waals surface area (Å²) in [5.41, 5.74) is 2.01. The van der Waals surface area contributed by atoms with Crippen LogP contribution in [0, 0.1) is 0 Å². The van der Waals surface area contributed by atoms with E-state index in [2.05, 4.69) is 26.4 Å². The zero-order valence-electron chi connectivity index (χ0n) is 11.2. The lowest BCUT2D eigenvalue weighted by atomic mass is 10.1. The van der Waals surface area contributed by atoms with E-state index in [-0.39, 0.29) is 11.3 Å². The van der Waals surface area contributed by atoms with Crippen LogP contribution in [0.1, 0.15) is 22.8 Å². The molecular weight excluding hydrogens is 336 g/mol. The second-order valence-corrected chi connectivity index (χ2v) is 5.29. The predicted molar refractivity (Wildman–Crippen MR) is 84.2 cm³/mol. The Bertz CT molecular complexity index is 697. The van der Waals surface area contributed by atoms with E-state index in [1.54, 1.807) is 37.3 Å². The van der Waals surface area contributed by atoms with Gasteiger partial charge >= 0.3 is 0 Å². The van der Waals surface area contributed by atoms with Gasteiger partial charge in [-0.1, -0.05) is 33.2 Å². The Morgan fingerprint density at radius 2 is 1.86 bits per heavy atom. The first-order valence-electron chi connectivity index (χ1n) is 6.10. The molecule has 0 saturated carbocycles. The summed E-state index contributed by atoms with van der Waals surface area (Å²) in [7, 11) is 0. The number of phenols is 1. The number of carbonyl (C=O) groups excluding carboxylic acids is 1. The predicted octanol–water partition coefficient (Wildman–Crippen LogP) is 3.61. The molecule has 0 saturated heterocycles. The fourth-order valence-corrected chi connectivity index (χ4v) is 2.10. The summed E-state index contributed by atoms with van der Waals surface area (Å²) in [6.45, 7) is 1.67. The van der Waals surface area contributed by atoms with Crippen molar-refractivity contribution in [3.8, 4) is 5.75 Å². The Morgan fingerprint density at radius 3 is 2.43 bits per heavy atom. The third-order valence-corrected chi connectivity index (χ3v) is 3.41. The minimum absolute atomic E-state index is 0.0956. The number of halogens is 1. The molecule has 5 nitrogen and oxygen atoms in total. The van der Waals surface area contributed by atoms with E-state index in [4.69, 9.17) is 5.21 Å². The molecule has 0 atom stereocenters. The van der Waals surface area contributed by atoms with Crippen molar-refractivity contribution in [3.63, 3.8) is 0 Å². The van der Waals surface area contributed by atoms with Crippen LogP contribution in [0.5, 0.6) is 5.75 Å². The lowest BCUT2D eigenvalue weighted by Crippen LogP contribution is -2.12. The van der Waals surface area contributed by atoms with E-state index in [9.17, 15) is 9.90 Å².